The summed E-state index contributed by atoms with van der Waals surface area (Å²) in [6.45, 7) is 2.62. The average Bonchev–Trinajstić information content (AvgIpc) is 3.01. The van der Waals surface area contributed by atoms with Gasteiger partial charge in [-0.1, -0.05) is 24.3 Å². The van der Waals surface area contributed by atoms with Crippen LogP contribution in [0.3, 0.4) is 0 Å². The van der Waals surface area contributed by atoms with Crippen LogP contribution in [0.25, 0.3) is 0 Å². The van der Waals surface area contributed by atoms with Gasteiger partial charge in [-0.15, -0.1) is 0 Å². The van der Waals surface area contributed by atoms with Crippen LogP contribution in [-0.2, 0) is 16.6 Å². The van der Waals surface area contributed by atoms with E-state index in [1.54, 1.807) is 12.1 Å². The predicted octanol–water partition coefficient (Wildman–Crippen LogP) is 1.78. The second kappa shape index (κ2) is 7.43. The van der Waals surface area contributed by atoms with Gasteiger partial charge in [0.15, 0.2) is 5.76 Å². The highest BCUT2D eigenvalue weighted by molar-refractivity contribution is 7.88. The van der Waals surface area contributed by atoms with Crippen LogP contribution in [0, 0.1) is 6.92 Å². The molecule has 0 aliphatic rings. The smallest absolute Gasteiger partial charge is 0.287 e. The molecule has 124 valence electrons. The summed E-state index contributed by atoms with van der Waals surface area (Å²) in [7, 11) is -3.37. The SMILES string of the molecule is Cc1ccccc1CN(CCNC(=O)c1ccco1)S(C)(=O)=O. The Labute approximate surface area is 136 Å². The van der Waals surface area contributed by atoms with Gasteiger partial charge in [-0.05, 0) is 30.2 Å². The van der Waals surface area contributed by atoms with Gasteiger partial charge in [0.25, 0.3) is 5.91 Å². The van der Waals surface area contributed by atoms with Crippen LogP contribution in [0.2, 0.25) is 0 Å². The third-order valence-electron chi connectivity index (χ3n) is 3.47. The van der Waals surface area contributed by atoms with Gasteiger partial charge >= 0.3 is 0 Å². The molecular formula is C16H20N2O4S. The maximum atomic E-state index is 11.9. The second-order valence-corrected chi connectivity index (χ2v) is 7.24. The van der Waals surface area contributed by atoms with Crippen molar-refractivity contribution in [1.82, 2.24) is 9.62 Å². The number of carbonyl (C=O) groups is 1. The Kier molecular flexibility index (Phi) is 5.57. The molecule has 0 aliphatic heterocycles. The Bertz CT molecular complexity index is 754. The number of nitrogens with zero attached hydrogens (tertiary/aromatic N) is 1. The summed E-state index contributed by atoms with van der Waals surface area (Å²) in [5, 5.41) is 2.65. The van der Waals surface area contributed by atoms with E-state index in [4.69, 9.17) is 4.42 Å². The molecule has 6 nitrogen and oxygen atoms in total. The lowest BCUT2D eigenvalue weighted by Crippen LogP contribution is -2.37. The number of hydrogen-bond acceptors (Lipinski definition) is 4. The third-order valence-corrected chi connectivity index (χ3v) is 4.72. The number of rotatable bonds is 7. The van der Waals surface area contributed by atoms with E-state index >= 15 is 0 Å². The van der Waals surface area contributed by atoms with E-state index in [9.17, 15) is 13.2 Å². The molecule has 0 radical (unpaired) electrons. The van der Waals surface area contributed by atoms with Gasteiger partial charge in [-0.2, -0.15) is 4.31 Å². The predicted molar refractivity (Wildman–Crippen MR) is 87.5 cm³/mol. The summed E-state index contributed by atoms with van der Waals surface area (Å²) in [6.07, 6.45) is 2.58. The van der Waals surface area contributed by atoms with Crippen LogP contribution in [0.4, 0.5) is 0 Å². The lowest BCUT2D eigenvalue weighted by atomic mass is 10.1. The largest absolute Gasteiger partial charge is 0.459 e. The van der Waals surface area contributed by atoms with E-state index in [2.05, 4.69) is 5.32 Å². The maximum absolute atomic E-state index is 11.9. The fraction of sp³-hybridized carbons (Fsp3) is 0.312. The quantitative estimate of drug-likeness (QED) is 0.836. The zero-order valence-electron chi connectivity index (χ0n) is 13.2. The second-order valence-electron chi connectivity index (χ2n) is 5.26. The van der Waals surface area contributed by atoms with Gasteiger partial charge in [-0.3, -0.25) is 4.79 Å². The normalized spacial score (nSPS) is 11.6. The van der Waals surface area contributed by atoms with Crippen LogP contribution in [0.1, 0.15) is 21.7 Å². The minimum absolute atomic E-state index is 0.194. The number of sulfonamides is 1. The van der Waals surface area contributed by atoms with Gasteiger partial charge in [0.1, 0.15) is 0 Å². The molecule has 1 aromatic heterocycles. The molecular weight excluding hydrogens is 316 g/mol. The van der Waals surface area contributed by atoms with Gasteiger partial charge < -0.3 is 9.73 Å². The highest BCUT2D eigenvalue weighted by Gasteiger charge is 2.18. The monoisotopic (exact) mass is 336 g/mol. The Morgan fingerprint density at radius 1 is 1.22 bits per heavy atom. The zero-order chi connectivity index (χ0) is 16.9. The molecule has 23 heavy (non-hydrogen) atoms. The van der Waals surface area contributed by atoms with Crippen molar-refractivity contribution < 1.29 is 17.6 Å². The van der Waals surface area contributed by atoms with Gasteiger partial charge in [0.2, 0.25) is 10.0 Å². The number of benzene rings is 1. The van der Waals surface area contributed by atoms with Crippen LogP contribution in [0.15, 0.2) is 47.1 Å². The molecule has 1 aromatic carbocycles. The summed E-state index contributed by atoms with van der Waals surface area (Å²) >= 11 is 0. The molecule has 0 saturated heterocycles. The molecule has 0 aliphatic carbocycles. The fourth-order valence-electron chi connectivity index (χ4n) is 2.13. The van der Waals surface area contributed by atoms with Crippen molar-refractivity contribution in [2.24, 2.45) is 0 Å². The lowest BCUT2D eigenvalue weighted by molar-refractivity contribution is 0.0924. The lowest BCUT2D eigenvalue weighted by Gasteiger charge is -2.21. The average molecular weight is 336 g/mol. The zero-order valence-corrected chi connectivity index (χ0v) is 14.0. The number of nitrogens with one attached hydrogen (secondary N) is 1. The summed E-state index contributed by atoms with van der Waals surface area (Å²) in [5.74, 6) is -0.158. The van der Waals surface area contributed by atoms with Crippen molar-refractivity contribution in [3.8, 4) is 0 Å². The highest BCUT2D eigenvalue weighted by atomic mass is 32.2. The molecule has 0 atom stereocenters. The Morgan fingerprint density at radius 2 is 1.96 bits per heavy atom. The first-order valence-corrected chi connectivity index (χ1v) is 9.04. The molecule has 1 N–H and O–H groups in total. The first-order chi connectivity index (χ1) is 10.9. The van der Waals surface area contributed by atoms with Gasteiger partial charge in [0, 0.05) is 19.6 Å². The molecule has 0 unspecified atom stereocenters. The van der Waals surface area contributed by atoms with Crippen LogP contribution < -0.4 is 5.32 Å². The third kappa shape index (κ3) is 4.94. The van der Waals surface area contributed by atoms with E-state index in [1.165, 1.54) is 16.8 Å². The minimum Gasteiger partial charge on any atom is -0.459 e. The minimum atomic E-state index is -3.37. The number of hydrogen-bond donors (Lipinski definition) is 1. The summed E-state index contributed by atoms with van der Waals surface area (Å²) in [6, 6.07) is 10.8. The fourth-order valence-corrected chi connectivity index (χ4v) is 2.93. The number of aryl methyl sites for hydroxylation is 1. The van der Waals surface area contributed by atoms with E-state index in [1.807, 2.05) is 31.2 Å². The van der Waals surface area contributed by atoms with Crippen molar-refractivity contribution in [2.75, 3.05) is 19.3 Å². The Morgan fingerprint density at radius 3 is 2.57 bits per heavy atom. The molecule has 2 aromatic rings. The Hall–Kier alpha value is -2.12. The highest BCUT2D eigenvalue weighted by Crippen LogP contribution is 2.12. The van der Waals surface area contributed by atoms with Gasteiger partial charge in [-0.25, -0.2) is 8.42 Å². The standard InChI is InChI=1S/C16H20N2O4S/c1-13-6-3-4-7-14(13)12-18(23(2,20)21)10-9-17-16(19)15-8-5-11-22-15/h3-8,11H,9-10,12H2,1-2H3,(H,17,19). The molecule has 7 heteroatoms. The summed E-state index contributed by atoms with van der Waals surface area (Å²) in [5.41, 5.74) is 1.97. The number of furan rings is 1. The van der Waals surface area contributed by atoms with Crippen LogP contribution in [0.5, 0.6) is 0 Å². The summed E-state index contributed by atoms with van der Waals surface area (Å²) in [4.78, 5) is 11.8. The number of amides is 1. The topological polar surface area (TPSA) is 79.6 Å². The van der Waals surface area contributed by atoms with Crippen molar-refractivity contribution >= 4 is 15.9 Å². The van der Waals surface area contributed by atoms with Crippen molar-refractivity contribution in [3.63, 3.8) is 0 Å². The molecule has 1 amide bonds. The Balaban J connectivity index is 1.97. The van der Waals surface area contributed by atoms with Crippen LogP contribution >= 0.6 is 0 Å². The van der Waals surface area contributed by atoms with E-state index in [0.29, 0.717) is 0 Å². The van der Waals surface area contributed by atoms with Crippen molar-refractivity contribution in [3.05, 3.63) is 59.5 Å². The van der Waals surface area contributed by atoms with Crippen molar-refractivity contribution in [1.29, 1.82) is 0 Å². The van der Waals surface area contributed by atoms with E-state index in [-0.39, 0.29) is 31.3 Å². The number of carbonyl (C=O) groups excluding carboxylic acids is 1. The van der Waals surface area contributed by atoms with Crippen molar-refractivity contribution in [2.45, 2.75) is 13.5 Å². The maximum Gasteiger partial charge on any atom is 0.287 e. The molecule has 2 rings (SSSR count). The molecule has 0 spiro atoms. The molecule has 0 fully saturated rings. The summed E-state index contributed by atoms with van der Waals surface area (Å²) < 4.78 is 30.2. The van der Waals surface area contributed by atoms with Gasteiger partial charge in [0.05, 0.1) is 12.5 Å². The van der Waals surface area contributed by atoms with E-state index < -0.39 is 10.0 Å². The first kappa shape index (κ1) is 17.2. The molecule has 0 saturated carbocycles. The van der Waals surface area contributed by atoms with Crippen LogP contribution in [-0.4, -0.2) is 38.0 Å². The van der Waals surface area contributed by atoms with E-state index in [0.717, 1.165) is 11.1 Å². The molecule has 0 bridgehead atoms. The molecule has 1 heterocycles. The first-order valence-electron chi connectivity index (χ1n) is 7.19.